The van der Waals surface area contributed by atoms with Gasteiger partial charge in [-0.2, -0.15) is 0 Å². The quantitative estimate of drug-likeness (QED) is 0.345. The first kappa shape index (κ1) is 24.3. The van der Waals surface area contributed by atoms with Gasteiger partial charge >= 0.3 is 0 Å². The molecule has 0 aliphatic carbocycles. The zero-order chi connectivity index (χ0) is 23.3. The summed E-state index contributed by atoms with van der Waals surface area (Å²) in [6, 6.07) is 12.8. The van der Waals surface area contributed by atoms with Crippen LogP contribution < -0.4 is 5.32 Å². The van der Waals surface area contributed by atoms with E-state index in [2.05, 4.69) is 22.9 Å². The lowest BCUT2D eigenvalue weighted by Crippen LogP contribution is -2.22. The molecule has 172 valence electrons. The fourth-order valence-corrected chi connectivity index (χ4v) is 5.09. The van der Waals surface area contributed by atoms with Gasteiger partial charge in [0.15, 0.2) is 5.16 Å². The van der Waals surface area contributed by atoms with Gasteiger partial charge in [-0.1, -0.05) is 49.7 Å². The Balaban J connectivity index is 1.74. The lowest BCUT2D eigenvalue weighted by molar-refractivity contribution is -0.113. The second-order valence-corrected chi connectivity index (χ2v) is 10.9. The molecule has 1 heterocycles. The maximum atomic E-state index is 12.7. The molecule has 1 amide bonds. The summed E-state index contributed by atoms with van der Waals surface area (Å²) in [5.41, 5.74) is 3.29. The number of rotatable bonds is 10. The van der Waals surface area contributed by atoms with Crippen molar-refractivity contribution in [2.45, 2.75) is 49.7 Å². The molecule has 0 aliphatic heterocycles. The van der Waals surface area contributed by atoms with E-state index in [4.69, 9.17) is 4.98 Å². The minimum Gasteiger partial charge on any atom is -0.325 e. The lowest BCUT2D eigenvalue weighted by atomic mass is 10.2. The zero-order valence-corrected chi connectivity index (χ0v) is 20.6. The number of carbonyl (C=O) groups is 1. The van der Waals surface area contributed by atoms with E-state index in [1.54, 1.807) is 12.1 Å². The summed E-state index contributed by atoms with van der Waals surface area (Å²) in [5.74, 6) is -0.0223. The summed E-state index contributed by atoms with van der Waals surface area (Å²) in [7, 11) is -0.610. The first-order valence-electron chi connectivity index (χ1n) is 10.6. The molecule has 0 atom stereocenters. The Morgan fingerprint density at radius 2 is 1.91 bits per heavy atom. The second kappa shape index (κ2) is 10.5. The monoisotopic (exact) mass is 474 g/mol. The molecule has 2 aromatic carbocycles. The van der Waals surface area contributed by atoms with Gasteiger partial charge in [-0.15, -0.1) is 0 Å². The van der Waals surface area contributed by atoms with Crippen LogP contribution in [0.5, 0.6) is 0 Å². The number of benzene rings is 2. The molecule has 7 nitrogen and oxygen atoms in total. The number of aryl methyl sites for hydroxylation is 2. The first-order chi connectivity index (χ1) is 15.2. The Morgan fingerprint density at radius 1 is 1.16 bits per heavy atom. The fraction of sp³-hybridized carbons (Fsp3) is 0.391. The van der Waals surface area contributed by atoms with Gasteiger partial charge in [-0.3, -0.25) is 4.79 Å². The van der Waals surface area contributed by atoms with E-state index in [1.165, 1.54) is 31.9 Å². The molecule has 0 aliphatic rings. The summed E-state index contributed by atoms with van der Waals surface area (Å²) in [4.78, 5) is 17.6. The van der Waals surface area contributed by atoms with Crippen LogP contribution in [0.2, 0.25) is 0 Å². The highest BCUT2D eigenvalue weighted by molar-refractivity contribution is 7.99. The van der Waals surface area contributed by atoms with Crippen LogP contribution in [0.4, 0.5) is 5.69 Å². The van der Waals surface area contributed by atoms with Gasteiger partial charge < -0.3 is 9.88 Å². The van der Waals surface area contributed by atoms with Crippen molar-refractivity contribution >= 4 is 44.4 Å². The fourth-order valence-electron chi connectivity index (χ4n) is 3.32. The molecule has 3 aromatic rings. The van der Waals surface area contributed by atoms with Crippen molar-refractivity contribution in [2.75, 3.05) is 25.2 Å². The highest BCUT2D eigenvalue weighted by Gasteiger charge is 2.19. The standard InChI is InChI=1S/C23H30N4O3S2/c1-5-6-9-14-27-21-11-8-7-10-19(21)25-23(27)31-16-22(28)24-20-15-18(13-12-17(20)2)32(29,30)26(3)4/h7-8,10-13,15H,5-6,9,14,16H2,1-4H3,(H,24,28). The third kappa shape index (κ3) is 5.51. The molecule has 1 aromatic heterocycles. The van der Waals surface area contributed by atoms with Crippen LogP contribution in [-0.2, 0) is 21.4 Å². The summed E-state index contributed by atoms with van der Waals surface area (Å²) in [6.07, 6.45) is 3.34. The zero-order valence-electron chi connectivity index (χ0n) is 19.0. The third-order valence-corrected chi connectivity index (χ3v) is 7.99. The number of hydrogen-bond donors (Lipinski definition) is 1. The molecular weight excluding hydrogens is 444 g/mol. The van der Waals surface area contributed by atoms with Crippen molar-refractivity contribution in [3.05, 3.63) is 48.0 Å². The molecule has 3 rings (SSSR count). The van der Waals surface area contributed by atoms with E-state index in [1.807, 2.05) is 25.1 Å². The molecule has 32 heavy (non-hydrogen) atoms. The Bertz CT molecular complexity index is 1200. The molecule has 0 fully saturated rings. The van der Waals surface area contributed by atoms with Crippen LogP contribution in [0.1, 0.15) is 31.7 Å². The SMILES string of the molecule is CCCCCn1c(SCC(=O)Nc2cc(S(=O)(=O)N(C)C)ccc2C)nc2ccccc21. The Kier molecular flexibility index (Phi) is 7.97. The molecule has 0 saturated carbocycles. The molecule has 1 N–H and O–H groups in total. The molecule has 0 spiro atoms. The Hall–Kier alpha value is -2.36. The van der Waals surface area contributed by atoms with Crippen LogP contribution >= 0.6 is 11.8 Å². The number of hydrogen-bond acceptors (Lipinski definition) is 5. The van der Waals surface area contributed by atoms with Gasteiger partial charge in [0.05, 0.1) is 21.7 Å². The molecule has 0 radical (unpaired) electrons. The predicted octanol–water partition coefficient (Wildman–Crippen LogP) is 4.52. The number of thioether (sulfide) groups is 1. The van der Waals surface area contributed by atoms with Crippen molar-refractivity contribution in [3.63, 3.8) is 0 Å². The van der Waals surface area contributed by atoms with Crippen LogP contribution in [0.25, 0.3) is 11.0 Å². The van der Waals surface area contributed by atoms with Crippen LogP contribution in [-0.4, -0.2) is 48.0 Å². The number of aromatic nitrogens is 2. The summed E-state index contributed by atoms with van der Waals surface area (Å²) in [6.45, 7) is 4.87. The number of imidazole rings is 1. The van der Waals surface area contributed by atoms with Gasteiger partial charge in [0, 0.05) is 26.3 Å². The highest BCUT2D eigenvalue weighted by atomic mass is 32.2. The number of para-hydroxylation sites is 2. The summed E-state index contributed by atoms with van der Waals surface area (Å²) < 4.78 is 28.2. The summed E-state index contributed by atoms with van der Waals surface area (Å²) >= 11 is 1.39. The lowest BCUT2D eigenvalue weighted by Gasteiger charge is -2.14. The van der Waals surface area contributed by atoms with Gasteiger partial charge in [-0.05, 0) is 43.2 Å². The largest absolute Gasteiger partial charge is 0.325 e. The molecular formula is C23H30N4O3S2. The summed E-state index contributed by atoms with van der Waals surface area (Å²) in [5, 5.41) is 3.68. The second-order valence-electron chi connectivity index (χ2n) is 7.84. The molecule has 0 bridgehead atoms. The van der Waals surface area contributed by atoms with Gasteiger partial charge in [0.1, 0.15) is 0 Å². The van der Waals surface area contributed by atoms with Gasteiger partial charge in [-0.25, -0.2) is 17.7 Å². The minimum absolute atomic E-state index is 0.147. The number of unbranched alkanes of at least 4 members (excludes halogenated alkanes) is 2. The smallest absolute Gasteiger partial charge is 0.242 e. The average molecular weight is 475 g/mol. The number of carbonyl (C=O) groups excluding carboxylic acids is 1. The number of sulfonamides is 1. The van der Waals surface area contributed by atoms with Gasteiger partial charge in [0.2, 0.25) is 15.9 Å². The maximum absolute atomic E-state index is 12.7. The van der Waals surface area contributed by atoms with Crippen molar-refractivity contribution in [1.82, 2.24) is 13.9 Å². The maximum Gasteiger partial charge on any atom is 0.242 e. The van der Waals surface area contributed by atoms with Crippen molar-refractivity contribution in [3.8, 4) is 0 Å². The number of fused-ring (bicyclic) bond motifs is 1. The predicted molar refractivity (Wildman–Crippen MR) is 131 cm³/mol. The minimum atomic E-state index is -3.58. The van der Waals surface area contributed by atoms with Gasteiger partial charge in [0.25, 0.3) is 0 Å². The molecule has 9 heteroatoms. The van der Waals surface area contributed by atoms with E-state index < -0.39 is 10.0 Å². The van der Waals surface area contributed by atoms with Crippen molar-refractivity contribution < 1.29 is 13.2 Å². The molecule has 0 saturated heterocycles. The van der Waals surface area contributed by atoms with Crippen LogP contribution in [0.3, 0.4) is 0 Å². The average Bonchev–Trinajstić information content (AvgIpc) is 3.11. The Morgan fingerprint density at radius 3 is 2.62 bits per heavy atom. The third-order valence-electron chi connectivity index (χ3n) is 5.20. The van der Waals surface area contributed by atoms with E-state index >= 15 is 0 Å². The van der Waals surface area contributed by atoms with Crippen LogP contribution in [0, 0.1) is 6.92 Å². The van der Waals surface area contributed by atoms with E-state index in [0.29, 0.717) is 5.69 Å². The Labute approximate surface area is 194 Å². The number of nitrogens with one attached hydrogen (secondary N) is 1. The highest BCUT2D eigenvalue weighted by Crippen LogP contribution is 2.26. The number of amides is 1. The van der Waals surface area contributed by atoms with Crippen molar-refractivity contribution in [2.24, 2.45) is 0 Å². The topological polar surface area (TPSA) is 84.3 Å². The van der Waals surface area contributed by atoms with Crippen LogP contribution in [0.15, 0.2) is 52.5 Å². The van der Waals surface area contributed by atoms with E-state index in [-0.39, 0.29) is 16.6 Å². The number of anilines is 1. The molecule has 0 unspecified atom stereocenters. The normalized spacial score (nSPS) is 11.9. The van der Waals surface area contributed by atoms with Crippen molar-refractivity contribution in [1.29, 1.82) is 0 Å². The first-order valence-corrected chi connectivity index (χ1v) is 13.1. The van der Waals surface area contributed by atoms with E-state index in [9.17, 15) is 13.2 Å². The number of nitrogens with zero attached hydrogens (tertiary/aromatic N) is 3. The van der Waals surface area contributed by atoms with E-state index in [0.717, 1.165) is 51.9 Å².